The van der Waals surface area contributed by atoms with Crippen molar-refractivity contribution < 1.29 is 4.86 Å². The molecule has 5 rings (SSSR count). The lowest BCUT2D eigenvalue weighted by atomic mass is 9.57. The Hall–Kier alpha value is -0.600. The predicted octanol–water partition coefficient (Wildman–Crippen LogP) is 3.43. The first-order chi connectivity index (χ1) is 8.86. The molecule has 0 saturated heterocycles. The first-order valence-electron chi connectivity index (χ1n) is 8.05. The van der Waals surface area contributed by atoms with Crippen molar-refractivity contribution in [3.05, 3.63) is 5.21 Å². The molecule has 0 aromatic carbocycles. The van der Waals surface area contributed by atoms with Crippen LogP contribution in [0.5, 0.6) is 0 Å². The van der Waals surface area contributed by atoms with Crippen LogP contribution >= 0.6 is 0 Å². The third kappa shape index (κ3) is 0.787. The molecule has 4 saturated carbocycles. The molecule has 0 aromatic heterocycles. The molecule has 8 atom stereocenters. The molecule has 3 nitrogen and oxygen atoms in total. The van der Waals surface area contributed by atoms with Gasteiger partial charge >= 0.3 is 0 Å². The van der Waals surface area contributed by atoms with Crippen molar-refractivity contribution in [3.63, 3.8) is 0 Å². The van der Waals surface area contributed by atoms with E-state index in [-0.39, 0.29) is 17.0 Å². The molecule has 0 aromatic rings. The number of azo groups is 1. The highest BCUT2D eigenvalue weighted by Gasteiger charge is 2.90. The van der Waals surface area contributed by atoms with Gasteiger partial charge in [-0.3, -0.25) is 0 Å². The number of hydrogen-bond donors (Lipinski definition) is 0. The van der Waals surface area contributed by atoms with E-state index < -0.39 is 0 Å². The average Bonchev–Trinajstić information content (AvgIpc) is 2.65. The van der Waals surface area contributed by atoms with Crippen molar-refractivity contribution in [3.8, 4) is 0 Å². The standard InChI is InChI=1S/C16H24N2O/c1-14(2)15(3)10-8-6-5-7-9(8)13-12(11(10)15)16(14,4)17-18(13)19/h8-13H,5-7H2,1-4H3/t8-,9+,10-,11-,12-,13+,15-,16+/m1/s1. The summed E-state index contributed by atoms with van der Waals surface area (Å²) >= 11 is 0. The van der Waals surface area contributed by atoms with Gasteiger partial charge in [0.1, 0.15) is 5.54 Å². The number of fused-ring (bicyclic) bond motifs is 4. The molecule has 5 aliphatic rings. The molecule has 0 amide bonds. The molecular formula is C16H24N2O. The fraction of sp³-hybridized carbons (Fsp3) is 1.00. The number of nitrogens with zero attached hydrogens (tertiary/aromatic N) is 2. The van der Waals surface area contributed by atoms with Gasteiger partial charge in [0.25, 0.3) is 0 Å². The first kappa shape index (κ1) is 11.1. The molecule has 4 aliphatic carbocycles. The lowest BCUT2D eigenvalue weighted by Crippen LogP contribution is -2.52. The Morgan fingerprint density at radius 2 is 1.68 bits per heavy atom. The lowest BCUT2D eigenvalue weighted by molar-refractivity contribution is -0.571. The minimum atomic E-state index is -0.108. The van der Waals surface area contributed by atoms with E-state index in [0.29, 0.717) is 17.3 Å². The van der Waals surface area contributed by atoms with Crippen LogP contribution in [0.25, 0.3) is 0 Å². The normalized spacial score (nSPS) is 66.6. The second kappa shape index (κ2) is 2.60. The summed E-state index contributed by atoms with van der Waals surface area (Å²) in [5, 5.41) is 17.2. The highest BCUT2D eigenvalue weighted by atomic mass is 16.5. The van der Waals surface area contributed by atoms with Crippen LogP contribution in [-0.4, -0.2) is 16.4 Å². The Balaban J connectivity index is 1.76. The van der Waals surface area contributed by atoms with Gasteiger partial charge in [-0.2, -0.15) is 0 Å². The fourth-order valence-corrected chi connectivity index (χ4v) is 7.50. The summed E-state index contributed by atoms with van der Waals surface area (Å²) < 4.78 is 0. The average molecular weight is 260 g/mol. The molecular weight excluding hydrogens is 236 g/mol. The summed E-state index contributed by atoms with van der Waals surface area (Å²) in [7, 11) is 0. The third-order valence-electron chi connectivity index (χ3n) is 8.76. The molecule has 1 heterocycles. The Morgan fingerprint density at radius 3 is 2.42 bits per heavy atom. The smallest absolute Gasteiger partial charge is 0.198 e. The van der Waals surface area contributed by atoms with E-state index in [9.17, 15) is 5.21 Å². The zero-order chi connectivity index (χ0) is 13.4. The minimum absolute atomic E-state index is 0.108. The summed E-state index contributed by atoms with van der Waals surface area (Å²) in [5.41, 5.74) is 0.507. The Bertz CT molecular complexity index is 527. The van der Waals surface area contributed by atoms with Crippen LogP contribution in [0.3, 0.4) is 0 Å². The van der Waals surface area contributed by atoms with Crippen LogP contribution in [0.4, 0.5) is 0 Å². The van der Waals surface area contributed by atoms with Crippen LogP contribution in [-0.2, 0) is 0 Å². The second-order valence-corrected chi connectivity index (χ2v) is 8.78. The van der Waals surface area contributed by atoms with Gasteiger partial charge in [0.2, 0.25) is 0 Å². The van der Waals surface area contributed by atoms with E-state index in [0.717, 1.165) is 22.6 Å². The van der Waals surface area contributed by atoms with Crippen molar-refractivity contribution in [2.75, 3.05) is 0 Å². The molecule has 3 heteroatoms. The highest BCUT2D eigenvalue weighted by molar-refractivity contribution is 5.36. The van der Waals surface area contributed by atoms with Crippen molar-refractivity contribution >= 4 is 0 Å². The van der Waals surface area contributed by atoms with Crippen LogP contribution < -0.4 is 0 Å². The molecule has 104 valence electrons. The summed E-state index contributed by atoms with van der Waals surface area (Å²) in [5.74, 6) is 3.68. The van der Waals surface area contributed by atoms with Gasteiger partial charge in [-0.25, -0.2) is 0 Å². The Kier molecular flexibility index (Phi) is 1.52. The largest absolute Gasteiger partial charge is 0.600 e. The van der Waals surface area contributed by atoms with E-state index in [1.54, 1.807) is 0 Å². The molecule has 0 spiro atoms. The SMILES string of the molecule is CC1(C)[C@]2(C)[C@@H]3[C@@H]4CCC[C@@H]4[C@H]4[C@@H]([C@@H]32)[C@]1(C)N=[N+]4[O-]. The zero-order valence-corrected chi connectivity index (χ0v) is 12.4. The van der Waals surface area contributed by atoms with Crippen molar-refractivity contribution in [2.45, 2.75) is 58.5 Å². The maximum atomic E-state index is 12.5. The lowest BCUT2D eigenvalue weighted by Gasteiger charge is -2.45. The number of rotatable bonds is 0. The van der Waals surface area contributed by atoms with E-state index in [2.05, 4.69) is 32.8 Å². The topological polar surface area (TPSA) is 38.4 Å². The van der Waals surface area contributed by atoms with Gasteiger partial charge < -0.3 is 5.21 Å². The molecule has 4 fully saturated rings. The zero-order valence-electron chi connectivity index (χ0n) is 12.4. The van der Waals surface area contributed by atoms with Gasteiger partial charge in [0, 0.05) is 11.3 Å². The maximum absolute atomic E-state index is 12.5. The summed E-state index contributed by atoms with van der Waals surface area (Å²) in [6.07, 6.45) is 3.98. The highest BCUT2D eigenvalue weighted by Crippen LogP contribution is 2.88. The van der Waals surface area contributed by atoms with Crippen LogP contribution in [0.2, 0.25) is 0 Å². The van der Waals surface area contributed by atoms with Gasteiger partial charge in [0.05, 0.1) is 5.92 Å². The maximum Gasteiger partial charge on any atom is 0.198 e. The second-order valence-electron chi connectivity index (χ2n) is 8.78. The van der Waals surface area contributed by atoms with Crippen LogP contribution in [0.1, 0.15) is 47.0 Å². The molecule has 0 N–H and O–H groups in total. The third-order valence-corrected chi connectivity index (χ3v) is 8.76. The monoisotopic (exact) mass is 260 g/mol. The Morgan fingerprint density at radius 1 is 1.00 bits per heavy atom. The van der Waals surface area contributed by atoms with Gasteiger partial charge in [-0.1, -0.05) is 32.1 Å². The summed E-state index contributed by atoms with van der Waals surface area (Å²) in [4.78, 5) is 1.16. The van der Waals surface area contributed by atoms with E-state index >= 15 is 0 Å². The molecule has 19 heavy (non-hydrogen) atoms. The van der Waals surface area contributed by atoms with Gasteiger partial charge in [-0.05, 0) is 48.0 Å². The van der Waals surface area contributed by atoms with E-state index in [4.69, 9.17) is 0 Å². The molecule has 1 aliphatic heterocycles. The van der Waals surface area contributed by atoms with E-state index in [1.807, 2.05) is 0 Å². The van der Waals surface area contributed by atoms with Gasteiger partial charge in [0.15, 0.2) is 6.04 Å². The molecule has 0 unspecified atom stereocenters. The Labute approximate surface area is 115 Å². The molecule has 0 radical (unpaired) electrons. The molecule has 0 bridgehead atoms. The number of hydroxylamine groups is 1. The van der Waals surface area contributed by atoms with Crippen LogP contribution in [0.15, 0.2) is 5.11 Å². The quantitative estimate of drug-likeness (QED) is 0.486. The first-order valence-corrected chi connectivity index (χ1v) is 8.05. The van der Waals surface area contributed by atoms with Gasteiger partial charge in [-0.15, -0.1) is 0 Å². The van der Waals surface area contributed by atoms with Crippen molar-refractivity contribution in [1.82, 2.24) is 0 Å². The summed E-state index contributed by atoms with van der Waals surface area (Å²) in [6, 6.07) is 0.211. The predicted molar refractivity (Wildman–Crippen MR) is 71.4 cm³/mol. The van der Waals surface area contributed by atoms with Crippen molar-refractivity contribution in [2.24, 2.45) is 45.5 Å². The van der Waals surface area contributed by atoms with Crippen molar-refractivity contribution in [1.29, 1.82) is 0 Å². The van der Waals surface area contributed by atoms with Crippen LogP contribution in [0, 0.1) is 45.6 Å². The van der Waals surface area contributed by atoms with E-state index in [1.165, 1.54) is 19.3 Å². The minimum Gasteiger partial charge on any atom is -0.600 e. The fourth-order valence-electron chi connectivity index (χ4n) is 7.50. The number of hydrogen-bond acceptors (Lipinski definition) is 2. The summed E-state index contributed by atoms with van der Waals surface area (Å²) in [6.45, 7) is 9.55.